The first-order valence-corrected chi connectivity index (χ1v) is 6.71. The summed E-state index contributed by atoms with van der Waals surface area (Å²) in [4.78, 5) is 0. The molecule has 112 valence electrons. The smallest absolute Gasteiger partial charge is 0.189 e. The van der Waals surface area contributed by atoms with Crippen molar-refractivity contribution in [1.29, 1.82) is 0 Å². The van der Waals surface area contributed by atoms with Crippen molar-refractivity contribution in [1.82, 2.24) is 0 Å². The molecule has 0 bridgehead atoms. The number of nitrogens with two attached hydrogens (primary N) is 1. The molecular weight excluding hydrogens is 250 g/mol. The van der Waals surface area contributed by atoms with Crippen molar-refractivity contribution in [2.24, 2.45) is 11.7 Å². The molecule has 0 spiro atoms. The van der Waals surface area contributed by atoms with Gasteiger partial charge in [-0.25, -0.2) is 0 Å². The van der Waals surface area contributed by atoms with E-state index in [1.54, 1.807) is 13.8 Å². The normalized spacial score (nSPS) is 42.2. The third-order valence-corrected chi connectivity index (χ3v) is 3.61. The summed E-state index contributed by atoms with van der Waals surface area (Å²) in [5, 5.41) is 9.90. The fourth-order valence-electron chi connectivity index (χ4n) is 2.85. The Bertz CT molecular complexity index is 340. The van der Waals surface area contributed by atoms with E-state index in [1.165, 1.54) is 0 Å². The van der Waals surface area contributed by atoms with Crippen LogP contribution in [0.4, 0.5) is 0 Å². The number of hydrogen-bond donors (Lipinski definition) is 2. The standard InChI is InChI=1S/C13H25NO5/c1-8-10-9(17-12(4,5)18-10)6-16-13(8,7-14)19-11(2,3)15/h8-10,15H,6-7,14H2,1-5H3/t8-,9+,10-,13-/m0/s1. The highest BCUT2D eigenvalue weighted by atomic mass is 16.8. The van der Waals surface area contributed by atoms with E-state index in [1.807, 2.05) is 20.8 Å². The van der Waals surface area contributed by atoms with Gasteiger partial charge in [0.1, 0.15) is 6.10 Å². The molecule has 19 heavy (non-hydrogen) atoms. The summed E-state index contributed by atoms with van der Waals surface area (Å²) in [5.41, 5.74) is 5.83. The zero-order valence-corrected chi connectivity index (χ0v) is 12.3. The van der Waals surface area contributed by atoms with Crippen molar-refractivity contribution < 1.29 is 24.1 Å². The predicted octanol–water partition coefficient (Wildman–Crippen LogP) is 0.573. The van der Waals surface area contributed by atoms with Crippen LogP contribution in [0.5, 0.6) is 0 Å². The third-order valence-electron chi connectivity index (χ3n) is 3.61. The Morgan fingerprint density at radius 1 is 1.37 bits per heavy atom. The van der Waals surface area contributed by atoms with Crippen LogP contribution in [0.25, 0.3) is 0 Å². The van der Waals surface area contributed by atoms with Gasteiger partial charge < -0.3 is 29.8 Å². The van der Waals surface area contributed by atoms with Crippen LogP contribution in [-0.2, 0) is 18.9 Å². The van der Waals surface area contributed by atoms with Crippen LogP contribution >= 0.6 is 0 Å². The fourth-order valence-corrected chi connectivity index (χ4v) is 2.85. The van der Waals surface area contributed by atoms with Gasteiger partial charge in [0.25, 0.3) is 0 Å². The van der Waals surface area contributed by atoms with Gasteiger partial charge in [-0.1, -0.05) is 6.92 Å². The maximum Gasteiger partial charge on any atom is 0.189 e. The molecule has 0 aromatic heterocycles. The Kier molecular flexibility index (Phi) is 3.71. The third kappa shape index (κ3) is 2.94. The lowest BCUT2D eigenvalue weighted by Gasteiger charge is -2.47. The van der Waals surface area contributed by atoms with Crippen LogP contribution in [0.3, 0.4) is 0 Å². The van der Waals surface area contributed by atoms with E-state index in [2.05, 4.69) is 0 Å². The predicted molar refractivity (Wildman–Crippen MR) is 68.1 cm³/mol. The second-order valence-electron chi connectivity index (χ2n) is 6.30. The zero-order chi connectivity index (χ0) is 14.5. The van der Waals surface area contributed by atoms with Crippen LogP contribution in [-0.4, -0.2) is 47.8 Å². The van der Waals surface area contributed by atoms with Crippen molar-refractivity contribution in [3.63, 3.8) is 0 Å². The molecule has 2 rings (SSSR count). The van der Waals surface area contributed by atoms with Gasteiger partial charge in [-0.3, -0.25) is 0 Å². The monoisotopic (exact) mass is 275 g/mol. The molecule has 2 aliphatic rings. The Balaban J connectivity index is 2.20. The topological polar surface area (TPSA) is 83.2 Å². The first-order valence-electron chi connectivity index (χ1n) is 6.71. The molecule has 6 heteroatoms. The van der Waals surface area contributed by atoms with Crippen molar-refractivity contribution in [3.05, 3.63) is 0 Å². The minimum absolute atomic E-state index is 0.130. The molecule has 0 radical (unpaired) electrons. The fraction of sp³-hybridized carbons (Fsp3) is 1.00. The van der Waals surface area contributed by atoms with Crippen molar-refractivity contribution >= 4 is 0 Å². The summed E-state index contributed by atoms with van der Waals surface area (Å²) in [6.45, 7) is 9.29. The number of ether oxygens (including phenoxy) is 4. The number of fused-ring (bicyclic) bond motifs is 1. The first kappa shape index (κ1) is 15.2. The molecule has 4 atom stereocenters. The van der Waals surface area contributed by atoms with Crippen molar-refractivity contribution in [2.45, 2.75) is 64.2 Å². The van der Waals surface area contributed by atoms with E-state index in [0.29, 0.717) is 6.61 Å². The van der Waals surface area contributed by atoms with Gasteiger partial charge in [0.2, 0.25) is 0 Å². The molecule has 2 saturated heterocycles. The van der Waals surface area contributed by atoms with E-state index >= 15 is 0 Å². The maximum atomic E-state index is 9.90. The average molecular weight is 275 g/mol. The molecule has 0 unspecified atom stereocenters. The molecule has 0 saturated carbocycles. The largest absolute Gasteiger partial charge is 0.366 e. The summed E-state index contributed by atoms with van der Waals surface area (Å²) in [6.07, 6.45) is -0.287. The van der Waals surface area contributed by atoms with Gasteiger partial charge in [0, 0.05) is 12.5 Å². The lowest BCUT2D eigenvalue weighted by Crippen LogP contribution is -2.62. The molecule has 0 aromatic rings. The van der Waals surface area contributed by atoms with Crippen LogP contribution in [0.2, 0.25) is 0 Å². The van der Waals surface area contributed by atoms with Gasteiger partial charge in [-0.15, -0.1) is 0 Å². The van der Waals surface area contributed by atoms with Crippen molar-refractivity contribution in [2.75, 3.05) is 13.2 Å². The van der Waals surface area contributed by atoms with E-state index < -0.39 is 17.4 Å². The zero-order valence-electron chi connectivity index (χ0n) is 12.3. The van der Waals surface area contributed by atoms with E-state index in [9.17, 15) is 5.11 Å². The lowest BCUT2D eigenvalue weighted by atomic mass is 9.88. The lowest BCUT2D eigenvalue weighted by molar-refractivity contribution is -0.371. The van der Waals surface area contributed by atoms with Crippen LogP contribution in [0.1, 0.15) is 34.6 Å². The van der Waals surface area contributed by atoms with E-state index in [4.69, 9.17) is 24.7 Å². The quantitative estimate of drug-likeness (QED) is 0.733. The second kappa shape index (κ2) is 4.65. The Morgan fingerprint density at radius 2 is 2.00 bits per heavy atom. The van der Waals surface area contributed by atoms with E-state index in [0.717, 1.165) is 0 Å². The molecular formula is C13H25NO5. The Morgan fingerprint density at radius 3 is 2.53 bits per heavy atom. The summed E-state index contributed by atoms with van der Waals surface area (Å²) in [6, 6.07) is 0. The minimum atomic E-state index is -1.32. The molecule has 0 aromatic carbocycles. The molecule has 2 fully saturated rings. The number of hydrogen-bond acceptors (Lipinski definition) is 6. The molecule has 6 nitrogen and oxygen atoms in total. The van der Waals surface area contributed by atoms with Gasteiger partial charge in [-0.05, 0) is 27.7 Å². The average Bonchev–Trinajstić information content (AvgIpc) is 2.57. The van der Waals surface area contributed by atoms with Crippen LogP contribution < -0.4 is 5.73 Å². The maximum absolute atomic E-state index is 9.90. The van der Waals surface area contributed by atoms with Gasteiger partial charge >= 0.3 is 0 Å². The first-order chi connectivity index (χ1) is 8.59. The Hall–Kier alpha value is -0.240. The van der Waals surface area contributed by atoms with E-state index in [-0.39, 0.29) is 24.7 Å². The van der Waals surface area contributed by atoms with Gasteiger partial charge in [-0.2, -0.15) is 0 Å². The summed E-state index contributed by atoms with van der Waals surface area (Å²) < 4.78 is 23.2. The highest BCUT2D eigenvalue weighted by Gasteiger charge is 2.56. The minimum Gasteiger partial charge on any atom is -0.366 e. The molecule has 3 N–H and O–H groups in total. The highest BCUT2D eigenvalue weighted by molar-refractivity contribution is 4.97. The van der Waals surface area contributed by atoms with Crippen LogP contribution in [0.15, 0.2) is 0 Å². The highest BCUT2D eigenvalue weighted by Crippen LogP contribution is 2.43. The summed E-state index contributed by atoms with van der Waals surface area (Å²) >= 11 is 0. The molecule has 0 amide bonds. The van der Waals surface area contributed by atoms with Crippen LogP contribution in [0, 0.1) is 5.92 Å². The Labute approximate surface area is 114 Å². The summed E-state index contributed by atoms with van der Waals surface area (Å²) in [5.74, 6) is -3.16. The number of aliphatic hydroxyl groups is 1. The van der Waals surface area contributed by atoms with Gasteiger partial charge in [0.15, 0.2) is 17.4 Å². The second-order valence-corrected chi connectivity index (χ2v) is 6.30. The molecule has 2 heterocycles. The SMILES string of the molecule is C[C@H]1[C@@H]2OC(C)(C)O[C@@H]2CO[C@@]1(CN)OC(C)(C)O. The van der Waals surface area contributed by atoms with Gasteiger partial charge in [0.05, 0.1) is 12.7 Å². The number of rotatable bonds is 3. The van der Waals surface area contributed by atoms with Crippen molar-refractivity contribution in [3.8, 4) is 0 Å². The molecule has 0 aliphatic carbocycles. The molecule has 2 aliphatic heterocycles. The summed E-state index contributed by atoms with van der Waals surface area (Å²) in [7, 11) is 0.